The third-order valence-electron chi connectivity index (χ3n) is 6.08. The SMILES string of the molecule is CC1=NC2=C(C(=O)CCC2)[C@@H](c2ccc(N(C)C)cc2)C1C(=O)OCc1ccccc1. The van der Waals surface area contributed by atoms with E-state index in [2.05, 4.69) is 0 Å². The molecular weight excluding hydrogens is 388 g/mol. The van der Waals surface area contributed by atoms with E-state index in [1.165, 1.54) is 0 Å². The quantitative estimate of drug-likeness (QED) is 0.664. The average molecular weight is 417 g/mol. The Morgan fingerprint density at radius 2 is 1.77 bits per heavy atom. The Morgan fingerprint density at radius 3 is 2.45 bits per heavy atom. The number of rotatable bonds is 5. The zero-order chi connectivity index (χ0) is 22.0. The van der Waals surface area contributed by atoms with E-state index in [0.717, 1.165) is 35.4 Å². The number of anilines is 1. The van der Waals surface area contributed by atoms with E-state index >= 15 is 0 Å². The van der Waals surface area contributed by atoms with Gasteiger partial charge in [0, 0.05) is 49.1 Å². The highest BCUT2D eigenvalue weighted by Crippen LogP contribution is 2.43. The van der Waals surface area contributed by atoms with Crippen LogP contribution in [-0.4, -0.2) is 31.6 Å². The van der Waals surface area contributed by atoms with Gasteiger partial charge in [0.25, 0.3) is 0 Å². The van der Waals surface area contributed by atoms with Crippen molar-refractivity contribution in [2.24, 2.45) is 10.9 Å². The Balaban J connectivity index is 1.69. The first-order valence-corrected chi connectivity index (χ1v) is 10.7. The number of esters is 1. The van der Waals surface area contributed by atoms with Crippen molar-refractivity contribution in [3.8, 4) is 0 Å². The van der Waals surface area contributed by atoms with Gasteiger partial charge in [-0.1, -0.05) is 42.5 Å². The number of aliphatic imine (C=N–C) groups is 1. The lowest BCUT2D eigenvalue weighted by Crippen LogP contribution is -2.37. The minimum absolute atomic E-state index is 0.0973. The van der Waals surface area contributed by atoms with Gasteiger partial charge >= 0.3 is 5.97 Å². The van der Waals surface area contributed by atoms with Crippen molar-refractivity contribution in [1.29, 1.82) is 0 Å². The zero-order valence-electron chi connectivity index (χ0n) is 18.3. The molecule has 0 N–H and O–H groups in total. The molecule has 2 aromatic carbocycles. The molecule has 0 fully saturated rings. The molecular formula is C26H28N2O3. The second-order valence-electron chi connectivity index (χ2n) is 8.42. The van der Waals surface area contributed by atoms with Crippen LogP contribution in [0.1, 0.15) is 43.2 Å². The van der Waals surface area contributed by atoms with Crippen LogP contribution in [0.2, 0.25) is 0 Å². The van der Waals surface area contributed by atoms with Gasteiger partial charge in [0.15, 0.2) is 5.78 Å². The molecule has 4 rings (SSSR count). The predicted molar refractivity (Wildman–Crippen MR) is 122 cm³/mol. The summed E-state index contributed by atoms with van der Waals surface area (Å²) in [5, 5.41) is 0. The molecule has 31 heavy (non-hydrogen) atoms. The molecule has 0 saturated carbocycles. The van der Waals surface area contributed by atoms with E-state index in [-0.39, 0.29) is 24.3 Å². The minimum Gasteiger partial charge on any atom is -0.460 e. The molecule has 1 unspecified atom stereocenters. The fourth-order valence-electron chi connectivity index (χ4n) is 4.47. The van der Waals surface area contributed by atoms with Crippen LogP contribution in [0.3, 0.4) is 0 Å². The van der Waals surface area contributed by atoms with Crippen molar-refractivity contribution in [3.63, 3.8) is 0 Å². The molecule has 0 spiro atoms. The molecule has 0 saturated heterocycles. The molecule has 2 aliphatic rings. The highest BCUT2D eigenvalue weighted by atomic mass is 16.5. The lowest BCUT2D eigenvalue weighted by Gasteiger charge is -2.34. The third-order valence-corrected chi connectivity index (χ3v) is 6.08. The molecule has 0 radical (unpaired) electrons. The van der Waals surface area contributed by atoms with E-state index in [1.54, 1.807) is 0 Å². The van der Waals surface area contributed by atoms with Crippen LogP contribution >= 0.6 is 0 Å². The topological polar surface area (TPSA) is 59.0 Å². The molecule has 2 aromatic rings. The zero-order valence-corrected chi connectivity index (χ0v) is 18.3. The Hall–Kier alpha value is -3.21. The number of nitrogens with zero attached hydrogens (tertiary/aromatic N) is 2. The normalized spacial score (nSPS) is 20.7. The van der Waals surface area contributed by atoms with Gasteiger partial charge in [0.05, 0.1) is 0 Å². The van der Waals surface area contributed by atoms with Crippen molar-refractivity contribution < 1.29 is 14.3 Å². The minimum atomic E-state index is -0.602. The number of carbonyl (C=O) groups is 2. The first kappa shape index (κ1) is 21.0. The van der Waals surface area contributed by atoms with Crippen LogP contribution in [0.4, 0.5) is 5.69 Å². The molecule has 5 nitrogen and oxygen atoms in total. The van der Waals surface area contributed by atoms with Gasteiger partial charge in [-0.3, -0.25) is 14.6 Å². The number of Topliss-reactive ketones (excluding diaryl/α,β-unsaturated/α-hetero) is 1. The van der Waals surface area contributed by atoms with Crippen LogP contribution in [0.5, 0.6) is 0 Å². The van der Waals surface area contributed by atoms with E-state index in [9.17, 15) is 9.59 Å². The smallest absolute Gasteiger partial charge is 0.315 e. The number of carbonyl (C=O) groups excluding carboxylic acids is 2. The predicted octanol–water partition coefficient (Wildman–Crippen LogP) is 4.68. The van der Waals surface area contributed by atoms with Crippen molar-refractivity contribution in [2.75, 3.05) is 19.0 Å². The fourth-order valence-corrected chi connectivity index (χ4v) is 4.47. The Morgan fingerprint density at radius 1 is 1.06 bits per heavy atom. The summed E-state index contributed by atoms with van der Waals surface area (Å²) in [4.78, 5) is 33.0. The molecule has 1 heterocycles. The largest absolute Gasteiger partial charge is 0.460 e. The summed E-state index contributed by atoms with van der Waals surface area (Å²) in [5.74, 6) is -1.20. The number of ether oxygens (including phenoxy) is 1. The first-order chi connectivity index (χ1) is 15.0. The number of ketones is 1. The molecule has 0 amide bonds. The number of hydrogen-bond acceptors (Lipinski definition) is 5. The van der Waals surface area contributed by atoms with Gasteiger partial charge in [-0.15, -0.1) is 0 Å². The lowest BCUT2D eigenvalue weighted by molar-refractivity contribution is -0.148. The number of allylic oxidation sites excluding steroid dienone is 2. The Kier molecular flexibility index (Phi) is 6.03. The van der Waals surface area contributed by atoms with Crippen molar-refractivity contribution in [2.45, 2.75) is 38.7 Å². The average Bonchev–Trinajstić information content (AvgIpc) is 2.77. The summed E-state index contributed by atoms with van der Waals surface area (Å²) in [6.45, 7) is 2.08. The number of benzene rings is 2. The molecule has 5 heteroatoms. The maximum Gasteiger partial charge on any atom is 0.315 e. The van der Waals surface area contributed by atoms with E-state index < -0.39 is 5.92 Å². The standard InChI is InChI=1S/C26H28N2O3/c1-17-23(26(30)31-16-18-8-5-4-6-9-18)24(19-12-14-20(15-13-19)28(2)3)25-21(27-17)10-7-11-22(25)29/h4-6,8-9,12-15,23-24H,7,10-11,16H2,1-3H3/t23?,24-/m0/s1. The molecule has 1 aliphatic heterocycles. The molecule has 1 aliphatic carbocycles. The number of hydrogen-bond donors (Lipinski definition) is 0. The fraction of sp³-hybridized carbons (Fsp3) is 0.346. The second kappa shape index (κ2) is 8.88. The summed E-state index contributed by atoms with van der Waals surface area (Å²) >= 11 is 0. The summed E-state index contributed by atoms with van der Waals surface area (Å²) in [7, 11) is 3.98. The Bertz CT molecular complexity index is 1040. The van der Waals surface area contributed by atoms with Gasteiger partial charge in [-0.2, -0.15) is 0 Å². The van der Waals surface area contributed by atoms with Crippen LogP contribution in [0.15, 0.2) is 70.9 Å². The lowest BCUT2D eigenvalue weighted by atomic mass is 9.72. The summed E-state index contributed by atoms with van der Waals surface area (Å²) in [6, 6.07) is 17.7. The van der Waals surface area contributed by atoms with Crippen molar-refractivity contribution >= 4 is 23.2 Å². The monoisotopic (exact) mass is 416 g/mol. The molecule has 160 valence electrons. The van der Waals surface area contributed by atoms with Crippen LogP contribution in [-0.2, 0) is 20.9 Å². The summed E-state index contributed by atoms with van der Waals surface area (Å²) < 4.78 is 5.70. The van der Waals surface area contributed by atoms with Gasteiger partial charge in [-0.05, 0) is 43.0 Å². The van der Waals surface area contributed by atoms with Crippen molar-refractivity contribution in [3.05, 3.63) is 77.0 Å². The maximum atomic E-state index is 13.3. The van der Waals surface area contributed by atoms with Crippen LogP contribution in [0, 0.1) is 5.92 Å². The third kappa shape index (κ3) is 4.31. The van der Waals surface area contributed by atoms with E-state index in [1.807, 2.05) is 80.5 Å². The van der Waals surface area contributed by atoms with E-state index in [4.69, 9.17) is 9.73 Å². The second-order valence-corrected chi connectivity index (χ2v) is 8.42. The van der Waals surface area contributed by atoms with Gasteiger partial charge in [-0.25, -0.2) is 0 Å². The molecule has 0 bridgehead atoms. The van der Waals surface area contributed by atoms with Gasteiger partial charge in [0.1, 0.15) is 12.5 Å². The Labute approximate surface area is 183 Å². The molecule has 0 aromatic heterocycles. The summed E-state index contributed by atoms with van der Waals surface area (Å²) in [6.07, 6.45) is 2.09. The maximum absolute atomic E-state index is 13.3. The highest BCUT2D eigenvalue weighted by molar-refractivity contribution is 6.08. The van der Waals surface area contributed by atoms with Crippen LogP contribution in [0.25, 0.3) is 0 Å². The van der Waals surface area contributed by atoms with Crippen molar-refractivity contribution in [1.82, 2.24) is 0 Å². The summed E-state index contributed by atoms with van der Waals surface area (Å²) in [5.41, 5.74) is 5.19. The van der Waals surface area contributed by atoms with Gasteiger partial charge < -0.3 is 9.64 Å². The van der Waals surface area contributed by atoms with E-state index in [0.29, 0.717) is 17.7 Å². The molecule has 2 atom stereocenters. The van der Waals surface area contributed by atoms with Gasteiger partial charge in [0.2, 0.25) is 0 Å². The highest BCUT2D eigenvalue weighted by Gasteiger charge is 2.43. The van der Waals surface area contributed by atoms with Crippen LogP contribution < -0.4 is 4.90 Å². The first-order valence-electron chi connectivity index (χ1n) is 10.7.